The van der Waals surface area contributed by atoms with Crippen LogP contribution in [0.2, 0.25) is 0 Å². The predicted octanol–water partition coefficient (Wildman–Crippen LogP) is 2.27. The summed E-state index contributed by atoms with van der Waals surface area (Å²) in [6, 6.07) is 5.76. The number of aryl methyl sites for hydroxylation is 2. The molecule has 0 bridgehead atoms. The van der Waals surface area contributed by atoms with E-state index >= 15 is 0 Å². The van der Waals surface area contributed by atoms with E-state index in [9.17, 15) is 9.59 Å². The molecule has 1 N–H and O–H groups in total. The summed E-state index contributed by atoms with van der Waals surface area (Å²) in [6.07, 6.45) is 0.548. The van der Waals surface area contributed by atoms with Crippen molar-refractivity contribution in [2.45, 2.75) is 20.3 Å². The van der Waals surface area contributed by atoms with Gasteiger partial charge in [-0.2, -0.15) is 0 Å². The first-order valence-corrected chi connectivity index (χ1v) is 6.08. The zero-order chi connectivity index (χ0) is 13.3. The molecular weight excluding hydrogens is 266 g/mol. The highest BCUT2D eigenvalue weighted by Crippen LogP contribution is 2.21. The standard InChI is InChI=1S/C14H17NO3.ClH/c1-9-3-4-10(2)12(7-9)13(16)15-6-5-11(8-15)14(17)18;/h3-4,7,11H,5-6,8H2,1-2H3,(H,17,18);1H. The molecule has 0 radical (unpaired) electrons. The zero-order valence-electron chi connectivity index (χ0n) is 11.0. The van der Waals surface area contributed by atoms with Crippen molar-refractivity contribution in [3.63, 3.8) is 0 Å². The molecule has 1 unspecified atom stereocenters. The smallest absolute Gasteiger partial charge is 0.308 e. The number of carboxylic acid groups (broad SMARTS) is 1. The average Bonchev–Trinajstić information content (AvgIpc) is 2.81. The van der Waals surface area contributed by atoms with E-state index in [1.54, 1.807) is 4.90 Å². The van der Waals surface area contributed by atoms with Gasteiger partial charge in [-0.1, -0.05) is 17.7 Å². The zero-order valence-corrected chi connectivity index (χ0v) is 11.9. The molecule has 1 fully saturated rings. The van der Waals surface area contributed by atoms with Crippen LogP contribution in [0.15, 0.2) is 18.2 Å². The third-order valence-electron chi connectivity index (χ3n) is 3.45. The van der Waals surface area contributed by atoms with Crippen LogP contribution in [0.1, 0.15) is 27.9 Å². The number of halogens is 1. The molecule has 0 aliphatic carbocycles. The van der Waals surface area contributed by atoms with Crippen LogP contribution in [0.3, 0.4) is 0 Å². The Morgan fingerprint density at radius 3 is 2.58 bits per heavy atom. The fraction of sp³-hybridized carbons (Fsp3) is 0.429. The molecule has 1 aromatic carbocycles. The molecule has 4 nitrogen and oxygen atoms in total. The van der Waals surface area contributed by atoms with Crippen molar-refractivity contribution in [1.29, 1.82) is 0 Å². The summed E-state index contributed by atoms with van der Waals surface area (Å²) in [5.74, 6) is -1.29. The number of hydrogen-bond acceptors (Lipinski definition) is 2. The van der Waals surface area contributed by atoms with Gasteiger partial charge in [0.05, 0.1) is 5.92 Å². The molecule has 104 valence electrons. The Hall–Kier alpha value is -1.55. The minimum absolute atomic E-state index is 0. The van der Waals surface area contributed by atoms with E-state index < -0.39 is 11.9 Å². The molecule has 0 aromatic heterocycles. The second-order valence-electron chi connectivity index (χ2n) is 4.89. The lowest BCUT2D eigenvalue weighted by Crippen LogP contribution is -2.30. The summed E-state index contributed by atoms with van der Waals surface area (Å²) in [7, 11) is 0. The topological polar surface area (TPSA) is 57.6 Å². The maximum absolute atomic E-state index is 12.3. The molecule has 0 spiro atoms. The van der Waals surface area contributed by atoms with Gasteiger partial charge >= 0.3 is 5.97 Å². The summed E-state index contributed by atoms with van der Waals surface area (Å²) in [5.41, 5.74) is 2.66. The third kappa shape index (κ3) is 3.26. The largest absolute Gasteiger partial charge is 0.481 e. The van der Waals surface area contributed by atoms with Gasteiger partial charge in [-0.3, -0.25) is 9.59 Å². The highest BCUT2D eigenvalue weighted by atomic mass is 35.5. The van der Waals surface area contributed by atoms with Crippen LogP contribution >= 0.6 is 12.4 Å². The Bertz CT molecular complexity index is 501. The third-order valence-corrected chi connectivity index (χ3v) is 3.45. The predicted molar refractivity (Wildman–Crippen MR) is 74.8 cm³/mol. The van der Waals surface area contributed by atoms with Crippen LogP contribution in [0.25, 0.3) is 0 Å². The Morgan fingerprint density at radius 1 is 1.32 bits per heavy atom. The van der Waals surface area contributed by atoms with Gasteiger partial charge in [0.2, 0.25) is 0 Å². The van der Waals surface area contributed by atoms with Gasteiger partial charge in [0.25, 0.3) is 5.91 Å². The van der Waals surface area contributed by atoms with E-state index in [1.165, 1.54) is 0 Å². The van der Waals surface area contributed by atoms with E-state index in [0.29, 0.717) is 25.1 Å². The van der Waals surface area contributed by atoms with Gasteiger partial charge in [0, 0.05) is 18.7 Å². The van der Waals surface area contributed by atoms with Crippen LogP contribution in [0.5, 0.6) is 0 Å². The van der Waals surface area contributed by atoms with Crippen molar-refractivity contribution in [1.82, 2.24) is 4.90 Å². The second-order valence-corrected chi connectivity index (χ2v) is 4.89. The van der Waals surface area contributed by atoms with Crippen molar-refractivity contribution < 1.29 is 14.7 Å². The fourth-order valence-corrected chi connectivity index (χ4v) is 2.28. The molecule has 1 saturated heterocycles. The van der Waals surface area contributed by atoms with Crippen LogP contribution in [0.4, 0.5) is 0 Å². The number of amides is 1. The van der Waals surface area contributed by atoms with E-state index in [4.69, 9.17) is 5.11 Å². The molecule has 1 amide bonds. The van der Waals surface area contributed by atoms with E-state index in [1.807, 2.05) is 32.0 Å². The van der Waals surface area contributed by atoms with Crippen LogP contribution < -0.4 is 0 Å². The van der Waals surface area contributed by atoms with Crippen molar-refractivity contribution in [3.8, 4) is 0 Å². The van der Waals surface area contributed by atoms with Crippen molar-refractivity contribution in [2.24, 2.45) is 5.92 Å². The van der Waals surface area contributed by atoms with Crippen LogP contribution in [0, 0.1) is 19.8 Å². The Labute approximate surface area is 118 Å². The Balaban J connectivity index is 0.00000180. The summed E-state index contributed by atoms with van der Waals surface area (Å²) < 4.78 is 0. The summed E-state index contributed by atoms with van der Waals surface area (Å²) in [4.78, 5) is 24.8. The number of nitrogens with zero attached hydrogens (tertiary/aromatic N) is 1. The minimum Gasteiger partial charge on any atom is -0.481 e. The second kappa shape index (κ2) is 6.06. The molecule has 1 aliphatic heterocycles. The number of carbonyl (C=O) groups excluding carboxylic acids is 1. The van der Waals surface area contributed by atoms with Gasteiger partial charge in [0.15, 0.2) is 0 Å². The number of aliphatic carboxylic acids is 1. The maximum Gasteiger partial charge on any atom is 0.308 e. The van der Waals surface area contributed by atoms with E-state index in [-0.39, 0.29) is 18.3 Å². The molecule has 1 aliphatic rings. The number of carboxylic acids is 1. The maximum atomic E-state index is 12.3. The molecule has 1 atom stereocenters. The molecular formula is C14H18ClNO3. The first-order valence-electron chi connectivity index (χ1n) is 6.08. The highest BCUT2D eigenvalue weighted by Gasteiger charge is 2.31. The normalized spacial score (nSPS) is 18.0. The number of hydrogen-bond donors (Lipinski definition) is 1. The lowest BCUT2D eigenvalue weighted by atomic mass is 10.0. The minimum atomic E-state index is -0.814. The first kappa shape index (κ1) is 15.5. The summed E-state index contributed by atoms with van der Waals surface area (Å²) >= 11 is 0. The summed E-state index contributed by atoms with van der Waals surface area (Å²) in [5, 5.41) is 8.94. The molecule has 1 aromatic rings. The average molecular weight is 284 g/mol. The van der Waals surface area contributed by atoms with Crippen LogP contribution in [-0.4, -0.2) is 35.0 Å². The number of rotatable bonds is 2. The number of carbonyl (C=O) groups is 2. The van der Waals surface area contributed by atoms with Gasteiger partial charge in [-0.15, -0.1) is 12.4 Å². The SMILES string of the molecule is Cc1ccc(C)c(C(=O)N2CCC(C(=O)O)C2)c1.Cl. The molecule has 2 rings (SSSR count). The van der Waals surface area contributed by atoms with E-state index in [2.05, 4.69) is 0 Å². The molecule has 19 heavy (non-hydrogen) atoms. The summed E-state index contributed by atoms with van der Waals surface area (Å²) in [6.45, 7) is 4.70. The quantitative estimate of drug-likeness (QED) is 0.906. The lowest BCUT2D eigenvalue weighted by Gasteiger charge is -2.17. The number of likely N-dealkylation sites (tertiary alicyclic amines) is 1. The van der Waals surface area contributed by atoms with Gasteiger partial charge in [-0.25, -0.2) is 0 Å². The lowest BCUT2D eigenvalue weighted by molar-refractivity contribution is -0.141. The monoisotopic (exact) mass is 283 g/mol. The first-order chi connectivity index (χ1) is 8.49. The van der Waals surface area contributed by atoms with Crippen molar-refractivity contribution in [3.05, 3.63) is 34.9 Å². The Morgan fingerprint density at radius 2 is 2.00 bits per heavy atom. The van der Waals surface area contributed by atoms with Gasteiger partial charge < -0.3 is 10.0 Å². The van der Waals surface area contributed by atoms with Crippen molar-refractivity contribution in [2.75, 3.05) is 13.1 Å². The van der Waals surface area contributed by atoms with Crippen molar-refractivity contribution >= 4 is 24.3 Å². The Kier molecular flexibility index (Phi) is 4.95. The van der Waals surface area contributed by atoms with Gasteiger partial charge in [0.1, 0.15) is 0 Å². The van der Waals surface area contributed by atoms with Gasteiger partial charge in [-0.05, 0) is 31.9 Å². The molecule has 1 heterocycles. The molecule has 5 heteroatoms. The van der Waals surface area contributed by atoms with E-state index in [0.717, 1.165) is 11.1 Å². The number of benzene rings is 1. The fourth-order valence-electron chi connectivity index (χ4n) is 2.28. The van der Waals surface area contributed by atoms with Crippen LogP contribution in [-0.2, 0) is 4.79 Å². The molecule has 0 saturated carbocycles. The highest BCUT2D eigenvalue weighted by molar-refractivity contribution is 5.96.